The normalized spacial score (nSPS) is 22.2. The van der Waals surface area contributed by atoms with E-state index in [0.717, 1.165) is 0 Å². The summed E-state index contributed by atoms with van der Waals surface area (Å²) in [5.41, 5.74) is 1.30. The van der Waals surface area contributed by atoms with Gasteiger partial charge in [-0.05, 0) is 33.6 Å². The molecule has 2 fully saturated rings. The predicted octanol–water partition coefficient (Wildman–Crippen LogP) is -0.949. The highest BCUT2D eigenvalue weighted by atomic mass is 32.2. The van der Waals surface area contributed by atoms with Crippen molar-refractivity contribution in [2.75, 3.05) is 19.7 Å². The van der Waals surface area contributed by atoms with Crippen LogP contribution in [-0.2, 0) is 24.6 Å². The Bertz CT molecular complexity index is 722. The number of amides is 4. The fraction of sp³-hybridized carbons (Fsp3) is 0.786. The van der Waals surface area contributed by atoms with Gasteiger partial charge in [-0.2, -0.15) is 13.1 Å². The van der Waals surface area contributed by atoms with E-state index in [1.807, 2.05) is 4.72 Å². The van der Waals surface area contributed by atoms with Crippen LogP contribution in [0.3, 0.4) is 0 Å². The third-order valence-electron chi connectivity index (χ3n) is 3.93. The monoisotopic (exact) mass is 423 g/mol. The van der Waals surface area contributed by atoms with Crippen molar-refractivity contribution >= 4 is 28.2 Å². The largest absolute Gasteiger partial charge is 0.443 e. The molecule has 2 atom stereocenters. The van der Waals surface area contributed by atoms with Gasteiger partial charge < -0.3 is 9.64 Å². The molecule has 0 spiro atoms. The number of ether oxygens (including phenoxy) is 1. The lowest BCUT2D eigenvalue weighted by Gasteiger charge is -2.28. The molecule has 2 bridgehead atoms. The minimum atomic E-state index is -4.15. The van der Waals surface area contributed by atoms with E-state index in [1.54, 1.807) is 25.5 Å². The molecule has 2 aliphatic rings. The van der Waals surface area contributed by atoms with Crippen LogP contribution in [-0.4, -0.2) is 79.0 Å². The Morgan fingerprint density at radius 1 is 1.29 bits per heavy atom. The van der Waals surface area contributed by atoms with Crippen LogP contribution >= 0.6 is 0 Å². The first kappa shape index (κ1) is 22.1. The molecule has 0 unspecified atom stereocenters. The maximum Gasteiger partial charge on any atom is 0.422 e. The summed E-state index contributed by atoms with van der Waals surface area (Å²) in [6.07, 6.45) is -0.278. The summed E-state index contributed by atoms with van der Waals surface area (Å²) in [7, 11) is -4.15. The summed E-state index contributed by atoms with van der Waals surface area (Å²) in [5.74, 6) is -0.572. The fourth-order valence-corrected chi connectivity index (χ4v) is 3.47. The predicted molar refractivity (Wildman–Crippen MR) is 92.9 cm³/mol. The zero-order valence-corrected chi connectivity index (χ0v) is 16.6. The Morgan fingerprint density at radius 3 is 2.61 bits per heavy atom. The van der Waals surface area contributed by atoms with Gasteiger partial charge in [-0.25, -0.2) is 24.9 Å². The Kier molecular flexibility index (Phi) is 6.69. The van der Waals surface area contributed by atoms with Gasteiger partial charge in [0.1, 0.15) is 11.6 Å². The van der Waals surface area contributed by atoms with Crippen LogP contribution in [0.2, 0.25) is 0 Å². The van der Waals surface area contributed by atoms with Gasteiger partial charge in [0.25, 0.3) is 5.91 Å². The Morgan fingerprint density at radius 2 is 1.96 bits per heavy atom. The maximum absolute atomic E-state index is 12.1. The second-order valence-electron chi connectivity index (χ2n) is 7.34. The van der Waals surface area contributed by atoms with Crippen molar-refractivity contribution in [2.24, 2.45) is 0 Å². The van der Waals surface area contributed by atoms with Gasteiger partial charge in [0.2, 0.25) is 0 Å². The molecule has 2 saturated heterocycles. The fourth-order valence-electron chi connectivity index (χ4n) is 2.79. The quantitative estimate of drug-likeness (QED) is 0.231. The molecule has 0 aliphatic carbocycles. The molecule has 0 aromatic carbocycles. The van der Waals surface area contributed by atoms with Crippen molar-refractivity contribution < 1.29 is 37.6 Å². The average Bonchev–Trinajstić information content (AvgIpc) is 2.76. The summed E-state index contributed by atoms with van der Waals surface area (Å²) in [6.45, 7) is 4.55. The van der Waals surface area contributed by atoms with E-state index in [1.165, 1.54) is 4.90 Å². The number of rotatable bonds is 7. The Hall–Kier alpha value is -2.16. The summed E-state index contributed by atoms with van der Waals surface area (Å²) in [6, 6.07) is -1.72. The number of hydrogen-bond donors (Lipinski definition) is 4. The summed E-state index contributed by atoms with van der Waals surface area (Å²) in [4.78, 5) is 41.6. The molecule has 14 heteroatoms. The van der Waals surface area contributed by atoms with E-state index >= 15 is 0 Å². The second kappa shape index (κ2) is 8.46. The Balaban J connectivity index is 1.68. The van der Waals surface area contributed by atoms with Crippen molar-refractivity contribution in [3.05, 3.63) is 0 Å². The molecular formula is C14H25N5O8S. The molecule has 2 heterocycles. The lowest BCUT2D eigenvalue weighted by molar-refractivity contribution is -0.138. The molecule has 2 aliphatic heterocycles. The number of nitrogens with zero attached hydrogens (tertiary/aromatic N) is 2. The Labute approximate surface area is 162 Å². The number of urea groups is 1. The number of hydroxylamine groups is 3. The third kappa shape index (κ3) is 5.92. The van der Waals surface area contributed by atoms with Crippen molar-refractivity contribution in [3.8, 4) is 0 Å². The lowest BCUT2D eigenvalue weighted by atomic mass is 10.0. The maximum atomic E-state index is 12.1. The zero-order valence-electron chi connectivity index (χ0n) is 15.8. The van der Waals surface area contributed by atoms with Crippen molar-refractivity contribution in [3.63, 3.8) is 0 Å². The molecule has 0 aromatic rings. The van der Waals surface area contributed by atoms with Gasteiger partial charge in [-0.3, -0.25) is 14.8 Å². The van der Waals surface area contributed by atoms with Crippen molar-refractivity contribution in [1.82, 2.24) is 24.9 Å². The van der Waals surface area contributed by atoms with Gasteiger partial charge in [0.05, 0.1) is 12.6 Å². The van der Waals surface area contributed by atoms with Gasteiger partial charge >= 0.3 is 22.3 Å². The van der Waals surface area contributed by atoms with Gasteiger partial charge in [-0.15, -0.1) is 0 Å². The van der Waals surface area contributed by atoms with Crippen LogP contribution in [0, 0.1) is 0 Å². The van der Waals surface area contributed by atoms with Gasteiger partial charge in [-0.1, -0.05) is 0 Å². The average molecular weight is 423 g/mol. The molecule has 0 aromatic heterocycles. The molecule has 28 heavy (non-hydrogen) atoms. The molecule has 0 saturated carbocycles. The number of hydrogen-bond acceptors (Lipinski definition) is 8. The first-order valence-electron chi connectivity index (χ1n) is 8.60. The lowest BCUT2D eigenvalue weighted by Crippen LogP contribution is -2.50. The first-order valence-corrected chi connectivity index (χ1v) is 10.1. The number of fused-ring (bicyclic) bond motifs is 2. The molecule has 4 N–H and O–H groups in total. The molecule has 2 rings (SSSR count). The third-order valence-corrected chi connectivity index (χ3v) is 4.95. The minimum absolute atomic E-state index is 0.226. The van der Waals surface area contributed by atoms with Crippen LogP contribution in [0.5, 0.6) is 0 Å². The van der Waals surface area contributed by atoms with Crippen LogP contribution in [0.15, 0.2) is 0 Å². The van der Waals surface area contributed by atoms with E-state index in [-0.39, 0.29) is 25.7 Å². The van der Waals surface area contributed by atoms with E-state index < -0.39 is 39.9 Å². The van der Waals surface area contributed by atoms with Gasteiger partial charge in [0.15, 0.2) is 0 Å². The van der Waals surface area contributed by atoms with E-state index in [4.69, 9.17) is 9.57 Å². The SMILES string of the molecule is CC(C)(C)OC(=O)NS(=O)(=O)NCCONC(=O)[C@@H]1CC[C@H]2CN1C(=O)N2O. The van der Waals surface area contributed by atoms with Crippen LogP contribution in [0.1, 0.15) is 33.6 Å². The van der Waals surface area contributed by atoms with Crippen LogP contribution < -0.4 is 14.9 Å². The highest BCUT2D eigenvalue weighted by Gasteiger charge is 2.46. The van der Waals surface area contributed by atoms with E-state index in [2.05, 4.69) is 5.48 Å². The molecular weight excluding hydrogens is 398 g/mol. The number of nitrogens with one attached hydrogen (secondary N) is 3. The van der Waals surface area contributed by atoms with Crippen LogP contribution in [0.4, 0.5) is 9.59 Å². The molecule has 0 radical (unpaired) electrons. The first-order chi connectivity index (χ1) is 12.9. The standard InChI is InChI=1S/C14H25N5O8S/c1-14(2,3)27-12(21)17-28(24,25)15-6-7-26-16-11(20)10-5-4-9-8-18(10)13(22)19(9)23/h9-10,15,23H,4-8H2,1-3H3,(H,16,20)(H,17,21)/t9-,10-/m0/s1. The number of carbonyl (C=O) groups is 3. The highest BCUT2D eigenvalue weighted by Crippen LogP contribution is 2.28. The van der Waals surface area contributed by atoms with Crippen molar-refractivity contribution in [2.45, 2.75) is 51.3 Å². The highest BCUT2D eigenvalue weighted by molar-refractivity contribution is 7.88. The number of carbonyl (C=O) groups excluding carboxylic acids is 3. The molecule has 160 valence electrons. The second-order valence-corrected chi connectivity index (χ2v) is 8.84. The molecule has 13 nitrogen and oxygen atoms in total. The smallest absolute Gasteiger partial charge is 0.422 e. The van der Waals surface area contributed by atoms with E-state index in [0.29, 0.717) is 17.9 Å². The van der Waals surface area contributed by atoms with Crippen molar-refractivity contribution in [1.29, 1.82) is 0 Å². The summed E-state index contributed by atoms with van der Waals surface area (Å²) < 4.78 is 31.9. The van der Waals surface area contributed by atoms with Crippen LogP contribution in [0.25, 0.3) is 0 Å². The number of piperidine rings is 1. The van der Waals surface area contributed by atoms with E-state index in [9.17, 15) is 28.0 Å². The zero-order chi connectivity index (χ0) is 21.1. The minimum Gasteiger partial charge on any atom is -0.443 e. The molecule has 4 amide bonds. The summed E-state index contributed by atoms with van der Waals surface area (Å²) in [5, 5.41) is 10.2. The topological polar surface area (TPSA) is 167 Å². The summed E-state index contributed by atoms with van der Waals surface area (Å²) >= 11 is 0. The van der Waals surface area contributed by atoms with Gasteiger partial charge in [0, 0.05) is 13.1 Å².